The van der Waals surface area contributed by atoms with Crippen LogP contribution >= 0.6 is 0 Å². The summed E-state index contributed by atoms with van der Waals surface area (Å²) >= 11 is 0. The minimum atomic E-state index is -0.461. The van der Waals surface area contributed by atoms with Gasteiger partial charge in [0.05, 0.1) is 0 Å². The molecule has 21 heavy (non-hydrogen) atoms. The van der Waals surface area contributed by atoms with Crippen molar-refractivity contribution in [2.45, 2.75) is 66.8 Å². The zero-order valence-corrected chi connectivity index (χ0v) is 14.7. The minimum absolute atomic E-state index is 0.0158. The number of aliphatic hydroxyl groups excluding tert-OH is 1. The molecule has 0 aliphatic carbocycles. The lowest BCUT2D eigenvalue weighted by molar-refractivity contribution is -0.120. The zero-order valence-electron chi connectivity index (χ0n) is 14.7. The summed E-state index contributed by atoms with van der Waals surface area (Å²) in [4.78, 5) is 22.7. The van der Waals surface area contributed by atoms with Gasteiger partial charge in [-0.1, -0.05) is 41.0 Å². The Morgan fingerprint density at radius 2 is 1.62 bits per heavy atom. The van der Waals surface area contributed by atoms with E-state index in [1.54, 1.807) is 13.8 Å². The van der Waals surface area contributed by atoms with Gasteiger partial charge in [0, 0.05) is 24.1 Å². The van der Waals surface area contributed by atoms with Gasteiger partial charge in [0.1, 0.15) is 0 Å². The Bertz CT molecular complexity index is 331. The molecule has 0 saturated carbocycles. The molecule has 0 bridgehead atoms. The van der Waals surface area contributed by atoms with Crippen LogP contribution in [0, 0.1) is 11.8 Å². The highest BCUT2D eigenvalue weighted by Crippen LogP contribution is 2.06. The third kappa shape index (κ3) is 15.1. The Hall–Kier alpha value is -1.16. The van der Waals surface area contributed by atoms with Crippen LogP contribution in [-0.4, -0.2) is 28.9 Å². The van der Waals surface area contributed by atoms with Crippen molar-refractivity contribution in [3.05, 3.63) is 12.2 Å². The number of ketones is 1. The molecule has 1 amide bonds. The number of nitrogens with one attached hydrogen (secondary N) is 1. The Balaban J connectivity index is 0. The Kier molecular flexibility index (Phi) is 12.1. The van der Waals surface area contributed by atoms with Crippen molar-refractivity contribution in [1.29, 1.82) is 0 Å². The van der Waals surface area contributed by atoms with Gasteiger partial charge in [-0.2, -0.15) is 0 Å². The molecular formula is C17H33NO3. The van der Waals surface area contributed by atoms with E-state index in [0.29, 0.717) is 6.42 Å². The van der Waals surface area contributed by atoms with E-state index >= 15 is 0 Å². The molecule has 0 unspecified atom stereocenters. The van der Waals surface area contributed by atoms with Crippen LogP contribution in [0.3, 0.4) is 0 Å². The van der Waals surface area contributed by atoms with Crippen LogP contribution in [0.1, 0.15) is 61.3 Å². The Morgan fingerprint density at radius 1 is 1.14 bits per heavy atom. The van der Waals surface area contributed by atoms with Crippen LogP contribution in [0.2, 0.25) is 0 Å². The molecule has 124 valence electrons. The molecule has 0 fully saturated rings. The molecule has 4 nitrogen and oxygen atoms in total. The van der Waals surface area contributed by atoms with Gasteiger partial charge in [-0.15, -0.1) is 0 Å². The lowest BCUT2D eigenvalue weighted by Crippen LogP contribution is -2.43. The molecule has 0 aromatic heterocycles. The summed E-state index contributed by atoms with van der Waals surface area (Å²) in [6.45, 7) is 13.9. The van der Waals surface area contributed by atoms with Crippen molar-refractivity contribution in [3.63, 3.8) is 0 Å². The van der Waals surface area contributed by atoms with E-state index in [2.05, 4.69) is 26.1 Å². The normalized spacial score (nSPS) is 11.5. The van der Waals surface area contributed by atoms with Gasteiger partial charge in [0.2, 0.25) is 5.91 Å². The lowest BCUT2D eigenvalue weighted by Gasteiger charge is -2.24. The predicted molar refractivity (Wildman–Crippen MR) is 88.0 cm³/mol. The summed E-state index contributed by atoms with van der Waals surface area (Å²) in [5.74, 6) is 0.395. The molecule has 0 radical (unpaired) electrons. The number of allylic oxidation sites excluding steroid dienone is 1. The van der Waals surface area contributed by atoms with Crippen molar-refractivity contribution in [2.24, 2.45) is 11.8 Å². The molecule has 0 saturated heterocycles. The molecule has 0 spiro atoms. The summed E-state index contributed by atoms with van der Waals surface area (Å²) < 4.78 is 0. The third-order valence-electron chi connectivity index (χ3n) is 2.98. The highest BCUT2D eigenvalue weighted by atomic mass is 16.3. The predicted octanol–water partition coefficient (Wildman–Crippen LogP) is 3.10. The topological polar surface area (TPSA) is 66.4 Å². The fourth-order valence-corrected chi connectivity index (χ4v) is 1.07. The SMILES string of the molecule is CC(C)C(=O)/C=C\C(=O)NC(C)(C)CCO.CCC(C)C. The van der Waals surface area contributed by atoms with Gasteiger partial charge in [-0.3, -0.25) is 9.59 Å². The van der Waals surface area contributed by atoms with Gasteiger partial charge >= 0.3 is 0 Å². The minimum Gasteiger partial charge on any atom is -0.396 e. The summed E-state index contributed by atoms with van der Waals surface area (Å²) in [6, 6.07) is 0. The van der Waals surface area contributed by atoms with Gasteiger partial charge in [-0.05, 0) is 32.3 Å². The second-order valence-electron chi connectivity index (χ2n) is 6.54. The first kappa shape index (κ1) is 22.1. The Morgan fingerprint density at radius 3 is 1.95 bits per heavy atom. The molecule has 0 aromatic rings. The summed E-state index contributed by atoms with van der Waals surface area (Å²) in [5.41, 5.74) is -0.461. The summed E-state index contributed by atoms with van der Waals surface area (Å²) in [7, 11) is 0. The molecule has 0 heterocycles. The number of aliphatic hydroxyl groups is 1. The maximum absolute atomic E-state index is 11.4. The number of hydrogen-bond donors (Lipinski definition) is 2. The maximum atomic E-state index is 11.4. The second kappa shape index (κ2) is 11.5. The third-order valence-corrected chi connectivity index (χ3v) is 2.98. The standard InChI is InChI=1S/C12H21NO3.C5H12/c1-9(2)10(15)5-6-11(16)13-12(3,4)7-8-14;1-4-5(2)3/h5-6,9,14H,7-8H2,1-4H3,(H,13,16);5H,4H2,1-3H3/b6-5-;. The largest absolute Gasteiger partial charge is 0.396 e. The van der Waals surface area contributed by atoms with Crippen molar-refractivity contribution in [2.75, 3.05) is 6.61 Å². The molecule has 0 aromatic carbocycles. The number of hydrogen-bond acceptors (Lipinski definition) is 3. The fraction of sp³-hybridized carbons (Fsp3) is 0.765. The van der Waals surface area contributed by atoms with E-state index in [1.165, 1.54) is 18.6 Å². The van der Waals surface area contributed by atoms with E-state index < -0.39 is 5.54 Å². The van der Waals surface area contributed by atoms with Crippen LogP contribution in [0.4, 0.5) is 0 Å². The van der Waals surface area contributed by atoms with Crippen molar-refractivity contribution in [3.8, 4) is 0 Å². The van der Waals surface area contributed by atoms with E-state index in [-0.39, 0.29) is 24.2 Å². The molecule has 2 N–H and O–H groups in total. The van der Waals surface area contributed by atoms with Crippen LogP contribution in [0.5, 0.6) is 0 Å². The first-order valence-corrected chi connectivity index (χ1v) is 7.70. The first-order valence-electron chi connectivity index (χ1n) is 7.70. The van der Waals surface area contributed by atoms with Crippen LogP contribution in [-0.2, 0) is 9.59 Å². The average Bonchev–Trinajstić information content (AvgIpc) is 2.35. The number of amides is 1. The van der Waals surface area contributed by atoms with E-state index in [0.717, 1.165) is 5.92 Å². The van der Waals surface area contributed by atoms with Crippen molar-refractivity contribution >= 4 is 11.7 Å². The van der Waals surface area contributed by atoms with Gasteiger partial charge in [-0.25, -0.2) is 0 Å². The van der Waals surface area contributed by atoms with Gasteiger partial charge in [0.15, 0.2) is 5.78 Å². The highest BCUT2D eigenvalue weighted by Gasteiger charge is 2.18. The number of carbonyl (C=O) groups excluding carboxylic acids is 2. The summed E-state index contributed by atoms with van der Waals surface area (Å²) in [6.07, 6.45) is 4.31. The molecule has 0 atom stereocenters. The lowest BCUT2D eigenvalue weighted by atomic mass is 10.0. The fourth-order valence-electron chi connectivity index (χ4n) is 1.07. The van der Waals surface area contributed by atoms with Gasteiger partial charge in [0.25, 0.3) is 0 Å². The number of rotatable bonds is 7. The highest BCUT2D eigenvalue weighted by molar-refractivity contribution is 5.98. The molecule has 0 aliphatic heterocycles. The smallest absolute Gasteiger partial charge is 0.244 e. The molecule has 0 aliphatic rings. The second-order valence-corrected chi connectivity index (χ2v) is 6.54. The first-order chi connectivity index (χ1) is 9.55. The Labute approximate surface area is 130 Å². The number of carbonyl (C=O) groups is 2. The molecule has 4 heteroatoms. The van der Waals surface area contributed by atoms with Crippen molar-refractivity contribution < 1.29 is 14.7 Å². The molecule has 0 rings (SSSR count). The quantitative estimate of drug-likeness (QED) is 0.710. The summed E-state index contributed by atoms with van der Waals surface area (Å²) in [5, 5.41) is 11.5. The van der Waals surface area contributed by atoms with Crippen LogP contribution in [0.15, 0.2) is 12.2 Å². The maximum Gasteiger partial charge on any atom is 0.244 e. The van der Waals surface area contributed by atoms with Crippen LogP contribution < -0.4 is 5.32 Å². The van der Waals surface area contributed by atoms with Gasteiger partial charge < -0.3 is 10.4 Å². The molecular weight excluding hydrogens is 266 g/mol. The van der Waals surface area contributed by atoms with Crippen LogP contribution in [0.25, 0.3) is 0 Å². The van der Waals surface area contributed by atoms with E-state index in [9.17, 15) is 9.59 Å². The van der Waals surface area contributed by atoms with Crippen molar-refractivity contribution in [1.82, 2.24) is 5.32 Å². The average molecular weight is 299 g/mol. The monoisotopic (exact) mass is 299 g/mol. The van der Waals surface area contributed by atoms with E-state index in [1.807, 2.05) is 13.8 Å². The zero-order chi connectivity index (χ0) is 17.1. The van der Waals surface area contributed by atoms with E-state index in [4.69, 9.17) is 5.11 Å².